The van der Waals surface area contributed by atoms with E-state index in [1.807, 2.05) is 12.1 Å². The van der Waals surface area contributed by atoms with Gasteiger partial charge in [0.25, 0.3) is 15.9 Å². The van der Waals surface area contributed by atoms with Crippen LogP contribution in [0.4, 0.5) is 0 Å². The van der Waals surface area contributed by atoms with Crippen molar-refractivity contribution in [2.45, 2.75) is 31.8 Å². The molecule has 0 aliphatic carbocycles. The minimum absolute atomic E-state index is 0.101. The molecular weight excluding hydrogens is 466 g/mol. The van der Waals surface area contributed by atoms with Gasteiger partial charge in [-0.2, -0.15) is 13.5 Å². The van der Waals surface area contributed by atoms with Crippen molar-refractivity contribution < 1.29 is 22.7 Å². The van der Waals surface area contributed by atoms with Crippen LogP contribution in [0.5, 0.6) is 11.5 Å². The monoisotopic (exact) mass is 495 g/mol. The highest BCUT2D eigenvalue weighted by Crippen LogP contribution is 2.24. The number of nitrogens with one attached hydrogen (secondary N) is 1. The number of ether oxygens (including phenoxy) is 2. The Bertz CT molecular complexity index is 1300. The number of hydrazone groups is 1. The van der Waals surface area contributed by atoms with Crippen molar-refractivity contribution in [2.75, 3.05) is 7.11 Å². The van der Waals surface area contributed by atoms with E-state index in [2.05, 4.69) is 23.8 Å². The standard InChI is InChI=1S/C26H29N3O5S/c1-18(2)14-19-8-11-22(12-9-19)35(31,32)29-28-16-20-10-13-24(33-3)21(15-20)17-34-25-7-5-4-6-23(25)26(27)30/h4-13,15-16,18,29H,14,17H2,1-3H3,(H2,27,30)/b28-16+. The van der Waals surface area contributed by atoms with Gasteiger partial charge in [0.15, 0.2) is 0 Å². The molecule has 0 atom stereocenters. The molecule has 184 valence electrons. The Balaban J connectivity index is 1.71. The zero-order chi connectivity index (χ0) is 25.4. The number of rotatable bonds is 11. The maximum absolute atomic E-state index is 12.6. The molecule has 0 unspecified atom stereocenters. The maximum Gasteiger partial charge on any atom is 0.276 e. The molecule has 0 spiro atoms. The van der Waals surface area contributed by atoms with Crippen LogP contribution in [0.15, 0.2) is 76.7 Å². The summed E-state index contributed by atoms with van der Waals surface area (Å²) in [5.74, 6) is 0.822. The van der Waals surface area contributed by atoms with Gasteiger partial charge < -0.3 is 15.2 Å². The number of carbonyl (C=O) groups excluding carboxylic acids is 1. The van der Waals surface area contributed by atoms with Crippen LogP contribution in [0.25, 0.3) is 0 Å². The highest BCUT2D eigenvalue weighted by Gasteiger charge is 2.13. The van der Waals surface area contributed by atoms with Crippen LogP contribution in [0.1, 0.15) is 40.9 Å². The Kier molecular flexibility index (Phi) is 8.48. The first kappa shape index (κ1) is 25.8. The lowest BCUT2D eigenvalue weighted by Crippen LogP contribution is -2.18. The number of methoxy groups -OCH3 is 1. The number of nitrogens with zero attached hydrogens (tertiary/aromatic N) is 1. The number of para-hydroxylation sites is 1. The van der Waals surface area contributed by atoms with Gasteiger partial charge in [-0.05, 0) is 65.9 Å². The van der Waals surface area contributed by atoms with Gasteiger partial charge in [-0.25, -0.2) is 4.83 Å². The minimum Gasteiger partial charge on any atom is -0.496 e. The SMILES string of the molecule is COc1ccc(/C=N/NS(=O)(=O)c2ccc(CC(C)C)cc2)cc1COc1ccccc1C(N)=O. The second-order valence-corrected chi connectivity index (χ2v) is 9.98. The average molecular weight is 496 g/mol. The Morgan fingerprint density at radius 1 is 1.06 bits per heavy atom. The first-order valence-electron chi connectivity index (χ1n) is 11.0. The van der Waals surface area contributed by atoms with Gasteiger partial charge >= 0.3 is 0 Å². The largest absolute Gasteiger partial charge is 0.496 e. The Labute approximate surface area is 205 Å². The van der Waals surface area contributed by atoms with Crippen molar-refractivity contribution in [3.63, 3.8) is 0 Å². The molecule has 1 amide bonds. The molecule has 0 saturated heterocycles. The third kappa shape index (κ3) is 7.07. The minimum atomic E-state index is -3.80. The molecule has 9 heteroatoms. The van der Waals surface area contributed by atoms with Crippen LogP contribution in [0, 0.1) is 5.92 Å². The number of nitrogens with two attached hydrogens (primary N) is 1. The van der Waals surface area contributed by atoms with E-state index in [-0.39, 0.29) is 17.1 Å². The van der Waals surface area contributed by atoms with Crippen LogP contribution in [0.3, 0.4) is 0 Å². The Morgan fingerprint density at radius 3 is 2.43 bits per heavy atom. The number of benzene rings is 3. The van der Waals surface area contributed by atoms with Crippen LogP contribution in [-0.4, -0.2) is 27.6 Å². The van der Waals surface area contributed by atoms with Crippen molar-refractivity contribution in [1.82, 2.24) is 4.83 Å². The molecule has 0 fully saturated rings. The van der Waals surface area contributed by atoms with E-state index in [1.165, 1.54) is 13.3 Å². The fourth-order valence-electron chi connectivity index (χ4n) is 3.44. The van der Waals surface area contributed by atoms with Gasteiger partial charge in [-0.3, -0.25) is 4.79 Å². The number of sulfonamides is 1. The molecule has 3 N–H and O–H groups in total. The molecule has 0 saturated carbocycles. The summed E-state index contributed by atoms with van der Waals surface area (Å²) in [6, 6.07) is 18.7. The van der Waals surface area contributed by atoms with Crippen molar-refractivity contribution in [2.24, 2.45) is 16.8 Å². The normalized spacial score (nSPS) is 11.5. The average Bonchev–Trinajstić information content (AvgIpc) is 2.83. The Morgan fingerprint density at radius 2 is 1.77 bits per heavy atom. The van der Waals surface area contributed by atoms with E-state index in [1.54, 1.807) is 54.6 Å². The quantitative estimate of drug-likeness (QED) is 0.309. The predicted molar refractivity (Wildman–Crippen MR) is 135 cm³/mol. The molecule has 35 heavy (non-hydrogen) atoms. The number of hydrogen-bond donors (Lipinski definition) is 2. The second-order valence-electron chi connectivity index (χ2n) is 8.32. The van der Waals surface area contributed by atoms with Crippen LogP contribution >= 0.6 is 0 Å². The van der Waals surface area contributed by atoms with Crippen LogP contribution in [-0.2, 0) is 23.1 Å². The van der Waals surface area contributed by atoms with E-state index >= 15 is 0 Å². The van der Waals surface area contributed by atoms with Gasteiger partial charge in [-0.15, -0.1) is 0 Å². The fourth-order valence-corrected chi connectivity index (χ4v) is 4.23. The number of carbonyl (C=O) groups is 1. The first-order chi connectivity index (χ1) is 16.7. The fraction of sp³-hybridized carbons (Fsp3) is 0.231. The van der Waals surface area contributed by atoms with Gasteiger partial charge in [0.1, 0.15) is 18.1 Å². The number of primary amides is 1. The van der Waals surface area contributed by atoms with E-state index in [0.717, 1.165) is 12.0 Å². The lowest BCUT2D eigenvalue weighted by molar-refractivity contribution is 0.0996. The summed E-state index contributed by atoms with van der Waals surface area (Å²) in [7, 11) is -2.27. The zero-order valence-corrected chi connectivity index (χ0v) is 20.7. The first-order valence-corrected chi connectivity index (χ1v) is 12.5. The second kappa shape index (κ2) is 11.5. The van der Waals surface area contributed by atoms with E-state index in [0.29, 0.717) is 28.5 Å². The number of amides is 1. The summed E-state index contributed by atoms with van der Waals surface area (Å²) in [5, 5.41) is 3.91. The third-order valence-electron chi connectivity index (χ3n) is 5.10. The molecule has 0 bridgehead atoms. The molecule has 0 aliphatic rings. The van der Waals surface area contributed by atoms with Crippen molar-refractivity contribution in [3.05, 3.63) is 89.0 Å². The van der Waals surface area contributed by atoms with Crippen molar-refractivity contribution >= 4 is 22.1 Å². The number of hydrogen-bond acceptors (Lipinski definition) is 6. The zero-order valence-electron chi connectivity index (χ0n) is 19.9. The molecule has 3 aromatic carbocycles. The topological polar surface area (TPSA) is 120 Å². The molecule has 3 aromatic rings. The van der Waals surface area contributed by atoms with E-state index < -0.39 is 15.9 Å². The van der Waals surface area contributed by atoms with Crippen LogP contribution < -0.4 is 20.0 Å². The summed E-state index contributed by atoms with van der Waals surface area (Å²) in [6.07, 6.45) is 2.27. The maximum atomic E-state index is 12.6. The van der Waals surface area contributed by atoms with Gasteiger partial charge in [-0.1, -0.05) is 38.1 Å². The van der Waals surface area contributed by atoms with Crippen molar-refractivity contribution in [3.8, 4) is 11.5 Å². The highest BCUT2D eigenvalue weighted by atomic mass is 32.2. The molecule has 0 aliphatic heterocycles. The lowest BCUT2D eigenvalue weighted by Gasteiger charge is -2.13. The molecule has 0 radical (unpaired) electrons. The molecular formula is C26H29N3O5S. The van der Waals surface area contributed by atoms with E-state index in [9.17, 15) is 13.2 Å². The smallest absolute Gasteiger partial charge is 0.276 e. The molecule has 0 heterocycles. The van der Waals surface area contributed by atoms with Crippen molar-refractivity contribution in [1.29, 1.82) is 0 Å². The third-order valence-corrected chi connectivity index (χ3v) is 6.34. The summed E-state index contributed by atoms with van der Waals surface area (Å²) in [6.45, 7) is 4.32. The summed E-state index contributed by atoms with van der Waals surface area (Å²) in [4.78, 5) is 14.0. The summed E-state index contributed by atoms with van der Waals surface area (Å²) < 4.78 is 36.3. The molecule has 3 rings (SSSR count). The molecule has 0 aromatic heterocycles. The van der Waals surface area contributed by atoms with Gasteiger partial charge in [0.2, 0.25) is 0 Å². The Hall–Kier alpha value is -3.85. The summed E-state index contributed by atoms with van der Waals surface area (Å²) in [5.41, 5.74) is 8.06. The lowest BCUT2D eigenvalue weighted by atomic mass is 10.0. The highest BCUT2D eigenvalue weighted by molar-refractivity contribution is 7.89. The predicted octanol–water partition coefficient (Wildman–Crippen LogP) is 3.88. The summed E-state index contributed by atoms with van der Waals surface area (Å²) >= 11 is 0. The van der Waals surface area contributed by atoms with E-state index in [4.69, 9.17) is 15.2 Å². The van der Waals surface area contributed by atoms with Gasteiger partial charge in [0.05, 0.1) is 23.8 Å². The molecule has 8 nitrogen and oxygen atoms in total. The van der Waals surface area contributed by atoms with Crippen LogP contribution in [0.2, 0.25) is 0 Å². The van der Waals surface area contributed by atoms with Gasteiger partial charge in [0, 0.05) is 5.56 Å².